The number of benzene rings is 2. The first-order valence-corrected chi connectivity index (χ1v) is 10.8. The van der Waals surface area contributed by atoms with Gasteiger partial charge < -0.3 is 9.64 Å². The van der Waals surface area contributed by atoms with Gasteiger partial charge >= 0.3 is 6.09 Å². The second-order valence-electron chi connectivity index (χ2n) is 8.31. The summed E-state index contributed by atoms with van der Waals surface area (Å²) in [6.07, 6.45) is 3.62. The van der Waals surface area contributed by atoms with Gasteiger partial charge in [0.25, 0.3) is 0 Å². The molecule has 1 fully saturated rings. The molecule has 1 unspecified atom stereocenters. The quantitative estimate of drug-likeness (QED) is 0.495. The molecule has 0 radical (unpaired) electrons. The number of likely N-dealkylation sites (tertiary alicyclic amines) is 1. The van der Waals surface area contributed by atoms with Crippen molar-refractivity contribution in [2.45, 2.75) is 45.3 Å². The van der Waals surface area contributed by atoms with Crippen LogP contribution < -0.4 is 0 Å². The topological polar surface area (TPSA) is 42.4 Å². The van der Waals surface area contributed by atoms with E-state index in [2.05, 4.69) is 42.5 Å². The van der Waals surface area contributed by atoms with Crippen LogP contribution in [-0.2, 0) is 4.74 Å². The molecule has 4 nitrogen and oxygen atoms in total. The van der Waals surface area contributed by atoms with Gasteiger partial charge in [-0.3, -0.25) is 0 Å². The molecule has 5 heteroatoms. The Labute approximate surface area is 176 Å². The van der Waals surface area contributed by atoms with Crippen LogP contribution in [0, 0.1) is 0 Å². The van der Waals surface area contributed by atoms with E-state index in [4.69, 9.17) is 9.72 Å². The van der Waals surface area contributed by atoms with Crippen molar-refractivity contribution in [3.8, 4) is 21.7 Å². The normalized spacial score (nSPS) is 16.8. The summed E-state index contributed by atoms with van der Waals surface area (Å²) in [6, 6.07) is 18.8. The molecule has 1 saturated heterocycles. The first kappa shape index (κ1) is 19.6. The fourth-order valence-corrected chi connectivity index (χ4v) is 4.81. The maximum Gasteiger partial charge on any atom is 0.410 e. The van der Waals surface area contributed by atoms with Crippen molar-refractivity contribution >= 4 is 17.4 Å². The van der Waals surface area contributed by atoms with E-state index in [-0.39, 0.29) is 12.1 Å². The van der Waals surface area contributed by atoms with Gasteiger partial charge in [0, 0.05) is 23.2 Å². The fourth-order valence-electron chi connectivity index (χ4n) is 3.71. The summed E-state index contributed by atoms with van der Waals surface area (Å²) in [4.78, 5) is 20.3. The van der Waals surface area contributed by atoms with Crippen molar-refractivity contribution in [1.82, 2.24) is 9.88 Å². The highest BCUT2D eigenvalue weighted by Crippen LogP contribution is 2.40. The van der Waals surface area contributed by atoms with Gasteiger partial charge in [-0.05, 0) is 44.7 Å². The summed E-state index contributed by atoms with van der Waals surface area (Å²) in [7, 11) is 0. The van der Waals surface area contributed by atoms with Gasteiger partial charge in [-0.2, -0.15) is 0 Å². The van der Waals surface area contributed by atoms with Crippen LogP contribution in [0.15, 0.2) is 60.8 Å². The minimum atomic E-state index is -0.488. The minimum absolute atomic E-state index is 0.0417. The predicted molar refractivity (Wildman–Crippen MR) is 118 cm³/mol. The average molecular weight is 407 g/mol. The number of amides is 1. The monoisotopic (exact) mass is 406 g/mol. The number of carbonyl (C=O) groups excluding carboxylic acids is 1. The van der Waals surface area contributed by atoms with Crippen LogP contribution in [-0.4, -0.2) is 28.1 Å². The van der Waals surface area contributed by atoms with Crippen molar-refractivity contribution in [3.05, 3.63) is 65.7 Å². The maximum absolute atomic E-state index is 12.6. The molecule has 1 amide bonds. The van der Waals surface area contributed by atoms with Crippen LogP contribution in [0.5, 0.6) is 0 Å². The van der Waals surface area contributed by atoms with E-state index in [9.17, 15) is 4.79 Å². The number of hydrogen-bond donors (Lipinski definition) is 0. The van der Waals surface area contributed by atoms with Crippen LogP contribution in [0.1, 0.15) is 44.5 Å². The van der Waals surface area contributed by atoms with Gasteiger partial charge in [0.15, 0.2) is 0 Å². The predicted octanol–water partition coefficient (Wildman–Crippen LogP) is 6.55. The van der Waals surface area contributed by atoms with Crippen molar-refractivity contribution in [2.24, 2.45) is 0 Å². The van der Waals surface area contributed by atoms with Gasteiger partial charge in [-0.1, -0.05) is 54.6 Å². The molecule has 0 bridgehead atoms. The molecule has 3 aromatic rings. The SMILES string of the molecule is CC(C)(C)OC(=O)N1CCCC1c1cnc(-c2ccccc2-c2ccccc2)s1. The number of nitrogens with zero attached hydrogens (tertiary/aromatic N) is 2. The third kappa shape index (κ3) is 4.35. The largest absolute Gasteiger partial charge is 0.444 e. The molecule has 2 heterocycles. The van der Waals surface area contributed by atoms with E-state index in [1.165, 1.54) is 11.1 Å². The van der Waals surface area contributed by atoms with Gasteiger partial charge in [0.05, 0.1) is 6.04 Å². The molecule has 1 aliphatic rings. The van der Waals surface area contributed by atoms with Crippen molar-refractivity contribution in [1.29, 1.82) is 0 Å². The summed E-state index contributed by atoms with van der Waals surface area (Å²) < 4.78 is 5.61. The molecule has 4 rings (SSSR count). The van der Waals surface area contributed by atoms with E-state index < -0.39 is 5.60 Å². The van der Waals surface area contributed by atoms with Gasteiger partial charge in [-0.15, -0.1) is 11.3 Å². The molecule has 2 aromatic carbocycles. The number of carbonyl (C=O) groups is 1. The van der Waals surface area contributed by atoms with Gasteiger partial charge in [0.2, 0.25) is 0 Å². The Bertz CT molecular complexity index is 991. The molecular formula is C24H26N2O2S. The number of thiazole rings is 1. The second kappa shape index (κ2) is 7.99. The molecule has 0 spiro atoms. The Hall–Kier alpha value is -2.66. The number of aromatic nitrogens is 1. The third-order valence-electron chi connectivity index (χ3n) is 4.98. The lowest BCUT2D eigenvalue weighted by Gasteiger charge is -2.28. The highest BCUT2D eigenvalue weighted by molar-refractivity contribution is 7.15. The highest BCUT2D eigenvalue weighted by atomic mass is 32.1. The van der Waals surface area contributed by atoms with Crippen molar-refractivity contribution < 1.29 is 9.53 Å². The highest BCUT2D eigenvalue weighted by Gasteiger charge is 2.34. The van der Waals surface area contributed by atoms with Crippen LogP contribution in [0.4, 0.5) is 4.79 Å². The molecule has 1 atom stereocenters. The molecule has 0 aliphatic carbocycles. The van der Waals surface area contributed by atoms with E-state index >= 15 is 0 Å². The summed E-state index contributed by atoms with van der Waals surface area (Å²) in [5.74, 6) is 0. The Morgan fingerprint density at radius 1 is 1.07 bits per heavy atom. The molecule has 0 N–H and O–H groups in total. The van der Waals surface area contributed by atoms with E-state index in [1.807, 2.05) is 44.0 Å². The number of ether oxygens (including phenoxy) is 1. The smallest absolute Gasteiger partial charge is 0.410 e. The molecule has 150 valence electrons. The summed E-state index contributed by atoms with van der Waals surface area (Å²) in [6.45, 7) is 6.44. The van der Waals surface area contributed by atoms with Gasteiger partial charge in [0.1, 0.15) is 10.6 Å². The lowest BCUT2D eigenvalue weighted by molar-refractivity contribution is 0.0227. The van der Waals surface area contributed by atoms with E-state index in [0.29, 0.717) is 0 Å². The Balaban J connectivity index is 1.62. The maximum atomic E-state index is 12.6. The zero-order valence-electron chi connectivity index (χ0n) is 17.1. The molecule has 0 saturated carbocycles. The molecule has 1 aromatic heterocycles. The lowest BCUT2D eigenvalue weighted by Crippen LogP contribution is -2.36. The second-order valence-corrected chi connectivity index (χ2v) is 9.37. The lowest BCUT2D eigenvalue weighted by atomic mass is 10.0. The Morgan fingerprint density at radius 3 is 2.48 bits per heavy atom. The Morgan fingerprint density at radius 2 is 1.76 bits per heavy atom. The summed E-state index contributed by atoms with van der Waals surface area (Å²) in [5, 5.41) is 0.982. The zero-order chi connectivity index (χ0) is 20.4. The van der Waals surface area contributed by atoms with Crippen LogP contribution in [0.2, 0.25) is 0 Å². The van der Waals surface area contributed by atoms with Crippen LogP contribution >= 0.6 is 11.3 Å². The third-order valence-corrected chi connectivity index (χ3v) is 6.11. The first-order valence-electron chi connectivity index (χ1n) is 10.0. The van der Waals surface area contributed by atoms with Crippen LogP contribution in [0.3, 0.4) is 0 Å². The first-order chi connectivity index (χ1) is 13.9. The summed E-state index contributed by atoms with van der Waals surface area (Å²) in [5.41, 5.74) is 2.98. The minimum Gasteiger partial charge on any atom is -0.444 e. The molecule has 29 heavy (non-hydrogen) atoms. The Kier molecular flexibility index (Phi) is 5.41. The fraction of sp³-hybridized carbons (Fsp3) is 0.333. The zero-order valence-corrected chi connectivity index (χ0v) is 17.9. The van der Waals surface area contributed by atoms with Crippen molar-refractivity contribution in [2.75, 3.05) is 6.54 Å². The number of rotatable bonds is 3. The van der Waals surface area contributed by atoms with Crippen LogP contribution in [0.25, 0.3) is 21.7 Å². The van der Waals surface area contributed by atoms with E-state index in [0.717, 1.165) is 34.8 Å². The average Bonchev–Trinajstić information content (AvgIpc) is 3.37. The molecule has 1 aliphatic heterocycles. The summed E-state index contributed by atoms with van der Waals surface area (Å²) >= 11 is 1.67. The number of hydrogen-bond acceptors (Lipinski definition) is 4. The van der Waals surface area contributed by atoms with Crippen molar-refractivity contribution in [3.63, 3.8) is 0 Å². The standard InChI is InChI=1S/C24H26N2O2S/c1-24(2,3)28-23(27)26-15-9-14-20(26)21-16-25-22(29-21)19-13-8-7-12-18(19)17-10-5-4-6-11-17/h4-8,10-13,16,20H,9,14-15H2,1-3H3. The van der Waals surface area contributed by atoms with E-state index in [1.54, 1.807) is 11.3 Å². The van der Waals surface area contributed by atoms with Gasteiger partial charge in [-0.25, -0.2) is 9.78 Å². The molecular weight excluding hydrogens is 380 g/mol.